The normalized spacial score (nSPS) is 11.5. The van der Waals surface area contributed by atoms with Crippen molar-refractivity contribution in [3.05, 3.63) is 59.8 Å². The predicted octanol–water partition coefficient (Wildman–Crippen LogP) is 2.64. The topological polar surface area (TPSA) is 77.4 Å². The molecule has 7 heteroatoms. The fourth-order valence-corrected chi connectivity index (χ4v) is 3.19. The molecule has 1 amide bonds. The van der Waals surface area contributed by atoms with Crippen molar-refractivity contribution in [3.63, 3.8) is 0 Å². The van der Waals surface area contributed by atoms with Gasteiger partial charge >= 0.3 is 0 Å². The molecule has 130 valence electrons. The predicted molar refractivity (Wildman–Crippen MR) is 96.9 cm³/mol. The van der Waals surface area contributed by atoms with Gasteiger partial charge in [-0.3, -0.25) is 4.79 Å². The minimum absolute atomic E-state index is 0.296. The minimum Gasteiger partial charge on any atom is -0.497 e. The molecule has 0 saturated heterocycles. The lowest BCUT2D eigenvalue weighted by atomic mass is 10.1. The van der Waals surface area contributed by atoms with Crippen molar-refractivity contribution in [2.75, 3.05) is 13.4 Å². The van der Waals surface area contributed by atoms with E-state index in [0.717, 1.165) is 34.2 Å². The van der Waals surface area contributed by atoms with Gasteiger partial charge in [-0.05, 0) is 42.8 Å². The van der Waals surface area contributed by atoms with Crippen molar-refractivity contribution in [1.82, 2.24) is 9.29 Å². The third kappa shape index (κ3) is 3.51. The maximum absolute atomic E-state index is 12.1. The number of hydrogen-bond donors (Lipinski definition) is 1. The first-order chi connectivity index (χ1) is 11.8. The molecule has 1 N–H and O–H groups in total. The second-order valence-corrected chi connectivity index (χ2v) is 7.57. The number of rotatable bonds is 4. The molecule has 25 heavy (non-hydrogen) atoms. The lowest BCUT2D eigenvalue weighted by Crippen LogP contribution is -2.29. The van der Waals surface area contributed by atoms with E-state index in [0.29, 0.717) is 5.56 Å². The number of carbonyl (C=O) groups excluding carboxylic acids is 1. The van der Waals surface area contributed by atoms with Crippen molar-refractivity contribution in [2.24, 2.45) is 0 Å². The molecule has 0 unspecified atom stereocenters. The van der Waals surface area contributed by atoms with Crippen LogP contribution in [0.1, 0.15) is 15.9 Å². The monoisotopic (exact) mass is 358 g/mol. The number of benzene rings is 2. The fourth-order valence-electron chi connectivity index (χ4n) is 2.74. The van der Waals surface area contributed by atoms with Gasteiger partial charge in [-0.1, -0.05) is 6.07 Å². The molecule has 0 saturated carbocycles. The van der Waals surface area contributed by atoms with Gasteiger partial charge in [0.25, 0.3) is 5.91 Å². The number of ether oxygens (including phenoxy) is 1. The average molecular weight is 358 g/mol. The summed E-state index contributed by atoms with van der Waals surface area (Å²) in [5.74, 6) is 0.110. The summed E-state index contributed by atoms with van der Waals surface area (Å²) < 4.78 is 31.8. The van der Waals surface area contributed by atoms with Gasteiger partial charge in [0.15, 0.2) is 0 Å². The Labute approximate surface area is 146 Å². The van der Waals surface area contributed by atoms with Crippen molar-refractivity contribution in [2.45, 2.75) is 6.92 Å². The van der Waals surface area contributed by atoms with Crippen LogP contribution in [-0.2, 0) is 10.0 Å². The van der Waals surface area contributed by atoms with E-state index < -0.39 is 15.9 Å². The Hall–Kier alpha value is -2.80. The quantitative estimate of drug-likeness (QED) is 0.778. The number of fused-ring (bicyclic) bond motifs is 1. The molecule has 0 atom stereocenters. The summed E-state index contributed by atoms with van der Waals surface area (Å²) in [6.07, 6.45) is 2.92. The number of nitrogens with zero attached hydrogens (tertiary/aromatic N) is 1. The molecule has 0 radical (unpaired) electrons. The largest absolute Gasteiger partial charge is 0.497 e. The van der Waals surface area contributed by atoms with E-state index in [2.05, 4.69) is 0 Å². The second-order valence-electron chi connectivity index (χ2n) is 5.82. The van der Waals surface area contributed by atoms with Crippen LogP contribution in [0.15, 0.2) is 48.7 Å². The zero-order chi connectivity index (χ0) is 18.2. The van der Waals surface area contributed by atoms with Crippen LogP contribution in [0, 0.1) is 6.92 Å². The Morgan fingerprint density at radius 2 is 1.92 bits per heavy atom. The SMILES string of the molecule is COc1cccc(-n2cc(C)c3cc(C(=O)NS(C)(=O)=O)ccc32)c1. The molecule has 0 aliphatic carbocycles. The highest BCUT2D eigenvalue weighted by molar-refractivity contribution is 7.89. The summed E-state index contributed by atoms with van der Waals surface area (Å²) in [6.45, 7) is 1.94. The van der Waals surface area contributed by atoms with Crippen LogP contribution in [0.4, 0.5) is 0 Å². The van der Waals surface area contributed by atoms with Crippen molar-refractivity contribution in [3.8, 4) is 11.4 Å². The molecular weight excluding hydrogens is 340 g/mol. The summed E-state index contributed by atoms with van der Waals surface area (Å²) in [6, 6.07) is 12.8. The average Bonchev–Trinajstić information content (AvgIpc) is 2.90. The lowest BCUT2D eigenvalue weighted by Gasteiger charge is -2.08. The molecule has 2 aromatic carbocycles. The maximum atomic E-state index is 12.1. The highest BCUT2D eigenvalue weighted by Crippen LogP contribution is 2.27. The molecule has 3 rings (SSSR count). The van der Waals surface area contributed by atoms with E-state index in [-0.39, 0.29) is 0 Å². The Morgan fingerprint density at radius 3 is 2.60 bits per heavy atom. The van der Waals surface area contributed by atoms with E-state index in [1.165, 1.54) is 0 Å². The number of hydrogen-bond acceptors (Lipinski definition) is 4. The number of amides is 1. The van der Waals surface area contributed by atoms with E-state index in [1.807, 2.05) is 46.7 Å². The highest BCUT2D eigenvalue weighted by Gasteiger charge is 2.14. The van der Waals surface area contributed by atoms with Gasteiger partial charge in [0, 0.05) is 28.9 Å². The van der Waals surface area contributed by atoms with Crippen LogP contribution in [0.5, 0.6) is 5.75 Å². The maximum Gasteiger partial charge on any atom is 0.264 e. The standard InChI is InChI=1S/C18H18N2O4S/c1-12-11-20(14-5-4-6-15(10-14)24-2)17-8-7-13(9-16(12)17)18(21)19-25(3,22)23/h4-11H,1-3H3,(H,19,21). The molecule has 0 fully saturated rings. The van der Waals surface area contributed by atoms with Crippen molar-refractivity contribution >= 4 is 26.8 Å². The smallest absolute Gasteiger partial charge is 0.264 e. The lowest BCUT2D eigenvalue weighted by molar-refractivity contribution is 0.0982. The Bertz CT molecular complexity index is 1070. The third-order valence-corrected chi connectivity index (χ3v) is 4.43. The Morgan fingerprint density at radius 1 is 1.16 bits per heavy atom. The molecule has 6 nitrogen and oxygen atoms in total. The first-order valence-electron chi connectivity index (χ1n) is 7.57. The number of sulfonamides is 1. The van der Waals surface area contributed by atoms with Gasteiger partial charge in [-0.2, -0.15) is 0 Å². The summed E-state index contributed by atoms with van der Waals surface area (Å²) in [5, 5.41) is 0.879. The van der Waals surface area contributed by atoms with Crippen LogP contribution in [0.3, 0.4) is 0 Å². The van der Waals surface area contributed by atoms with Crippen LogP contribution < -0.4 is 9.46 Å². The molecular formula is C18H18N2O4S. The van der Waals surface area contributed by atoms with Gasteiger partial charge < -0.3 is 9.30 Å². The van der Waals surface area contributed by atoms with E-state index >= 15 is 0 Å². The fraction of sp³-hybridized carbons (Fsp3) is 0.167. The zero-order valence-corrected chi connectivity index (χ0v) is 14.9. The van der Waals surface area contributed by atoms with Crippen molar-refractivity contribution < 1.29 is 17.9 Å². The Balaban J connectivity index is 2.08. The van der Waals surface area contributed by atoms with Crippen LogP contribution in [-0.4, -0.2) is 32.3 Å². The molecule has 0 aliphatic heterocycles. The third-order valence-electron chi connectivity index (χ3n) is 3.88. The van der Waals surface area contributed by atoms with Gasteiger partial charge in [0.1, 0.15) is 5.75 Å². The van der Waals surface area contributed by atoms with E-state index in [9.17, 15) is 13.2 Å². The van der Waals surface area contributed by atoms with E-state index in [4.69, 9.17) is 4.74 Å². The first-order valence-corrected chi connectivity index (χ1v) is 9.46. The van der Waals surface area contributed by atoms with Gasteiger partial charge in [0.2, 0.25) is 10.0 Å². The number of aromatic nitrogens is 1. The number of aryl methyl sites for hydroxylation is 1. The number of methoxy groups -OCH3 is 1. The van der Waals surface area contributed by atoms with Gasteiger partial charge in [-0.25, -0.2) is 13.1 Å². The van der Waals surface area contributed by atoms with Crippen LogP contribution in [0.2, 0.25) is 0 Å². The molecule has 1 aromatic heterocycles. The Kier molecular flexibility index (Phi) is 4.26. The molecule has 1 heterocycles. The second kappa shape index (κ2) is 6.25. The molecule has 3 aromatic rings. The summed E-state index contributed by atoms with van der Waals surface area (Å²) >= 11 is 0. The number of nitrogens with one attached hydrogen (secondary N) is 1. The zero-order valence-electron chi connectivity index (χ0n) is 14.1. The van der Waals surface area contributed by atoms with Crippen LogP contribution in [0.25, 0.3) is 16.6 Å². The summed E-state index contributed by atoms with van der Waals surface area (Å²) in [4.78, 5) is 12.1. The molecule has 0 aliphatic rings. The van der Waals surface area contributed by atoms with Gasteiger partial charge in [-0.15, -0.1) is 0 Å². The summed E-state index contributed by atoms with van der Waals surface area (Å²) in [7, 11) is -1.98. The van der Waals surface area contributed by atoms with Gasteiger partial charge in [0.05, 0.1) is 18.9 Å². The summed E-state index contributed by atoms with van der Waals surface area (Å²) in [5.41, 5.74) is 3.13. The minimum atomic E-state index is -3.60. The first kappa shape index (κ1) is 17.0. The molecule has 0 spiro atoms. The van der Waals surface area contributed by atoms with E-state index in [1.54, 1.807) is 25.3 Å². The number of carbonyl (C=O) groups is 1. The van der Waals surface area contributed by atoms with Crippen LogP contribution >= 0.6 is 0 Å². The highest BCUT2D eigenvalue weighted by atomic mass is 32.2. The van der Waals surface area contributed by atoms with Crippen molar-refractivity contribution in [1.29, 1.82) is 0 Å². The molecule has 0 bridgehead atoms.